The van der Waals surface area contributed by atoms with Crippen molar-refractivity contribution in [2.45, 2.75) is 12.8 Å². The molecule has 0 aromatic heterocycles. The van der Waals surface area contributed by atoms with Gasteiger partial charge in [0, 0.05) is 17.7 Å². The van der Waals surface area contributed by atoms with E-state index in [4.69, 9.17) is 4.74 Å². The molecule has 3 rings (SSSR count). The van der Waals surface area contributed by atoms with Gasteiger partial charge in [-0.05, 0) is 65.7 Å². The van der Waals surface area contributed by atoms with Crippen LogP contribution in [0.25, 0.3) is 0 Å². The van der Waals surface area contributed by atoms with Gasteiger partial charge in [0.15, 0.2) is 0 Å². The SMILES string of the molecule is O=C(N/N=C\c1ccc(OCc2ccc([N+](=O)[O-])cc2)cc1)c1cccc(C(F)(F)F)c1. The van der Waals surface area contributed by atoms with Crippen molar-refractivity contribution in [2.24, 2.45) is 5.10 Å². The summed E-state index contributed by atoms with van der Waals surface area (Å²) in [6.07, 6.45) is -3.20. The third-order valence-electron chi connectivity index (χ3n) is 4.26. The van der Waals surface area contributed by atoms with E-state index in [9.17, 15) is 28.1 Å². The number of amides is 1. The maximum absolute atomic E-state index is 12.7. The first-order valence-electron chi connectivity index (χ1n) is 9.19. The lowest BCUT2D eigenvalue weighted by molar-refractivity contribution is -0.384. The van der Waals surface area contributed by atoms with Crippen LogP contribution >= 0.6 is 0 Å². The fourth-order valence-electron chi connectivity index (χ4n) is 2.60. The average Bonchev–Trinajstić information content (AvgIpc) is 2.78. The number of hydrazone groups is 1. The van der Waals surface area contributed by atoms with E-state index in [1.54, 1.807) is 36.4 Å². The summed E-state index contributed by atoms with van der Waals surface area (Å²) in [4.78, 5) is 22.2. The normalized spacial score (nSPS) is 11.3. The smallest absolute Gasteiger partial charge is 0.416 e. The first kappa shape index (κ1) is 22.5. The Morgan fingerprint density at radius 3 is 2.38 bits per heavy atom. The molecule has 0 saturated carbocycles. The fourth-order valence-corrected chi connectivity index (χ4v) is 2.60. The summed E-state index contributed by atoms with van der Waals surface area (Å²) in [5, 5.41) is 14.4. The number of hydrogen-bond acceptors (Lipinski definition) is 5. The molecule has 0 radical (unpaired) electrons. The second-order valence-electron chi connectivity index (χ2n) is 6.56. The van der Waals surface area contributed by atoms with Crippen molar-refractivity contribution in [3.63, 3.8) is 0 Å². The highest BCUT2D eigenvalue weighted by atomic mass is 19.4. The quantitative estimate of drug-likeness (QED) is 0.317. The Bertz CT molecular complexity index is 1130. The van der Waals surface area contributed by atoms with Crippen LogP contribution in [0.15, 0.2) is 77.9 Å². The number of alkyl halides is 3. The lowest BCUT2D eigenvalue weighted by atomic mass is 10.1. The van der Waals surface area contributed by atoms with Crippen molar-refractivity contribution >= 4 is 17.8 Å². The number of hydrogen-bond donors (Lipinski definition) is 1. The predicted molar refractivity (Wildman–Crippen MR) is 110 cm³/mol. The van der Waals surface area contributed by atoms with Crippen molar-refractivity contribution in [3.05, 3.63) is 105 Å². The van der Waals surface area contributed by atoms with Gasteiger partial charge in [-0.3, -0.25) is 14.9 Å². The molecule has 3 aromatic carbocycles. The Balaban J connectivity index is 1.53. The van der Waals surface area contributed by atoms with Crippen molar-refractivity contribution in [1.82, 2.24) is 5.43 Å². The van der Waals surface area contributed by atoms with Crippen LogP contribution in [0, 0.1) is 10.1 Å². The Morgan fingerprint density at radius 2 is 1.75 bits per heavy atom. The van der Waals surface area contributed by atoms with E-state index >= 15 is 0 Å². The third-order valence-corrected chi connectivity index (χ3v) is 4.26. The zero-order valence-corrected chi connectivity index (χ0v) is 16.4. The van der Waals surface area contributed by atoms with E-state index in [1.807, 2.05) is 0 Å². The number of ether oxygens (including phenoxy) is 1. The number of benzene rings is 3. The molecule has 0 fully saturated rings. The minimum absolute atomic E-state index is 0.00228. The second-order valence-corrected chi connectivity index (χ2v) is 6.56. The highest BCUT2D eigenvalue weighted by Gasteiger charge is 2.30. The van der Waals surface area contributed by atoms with Gasteiger partial charge in [-0.25, -0.2) is 5.43 Å². The lowest BCUT2D eigenvalue weighted by Crippen LogP contribution is -2.18. The summed E-state index contributed by atoms with van der Waals surface area (Å²) < 4.78 is 43.8. The topological polar surface area (TPSA) is 93.8 Å². The summed E-state index contributed by atoms with van der Waals surface area (Å²) in [6.45, 7) is 0.221. The zero-order chi connectivity index (χ0) is 23.1. The van der Waals surface area contributed by atoms with Gasteiger partial charge in [0.05, 0.1) is 16.7 Å². The number of nitro benzene ring substituents is 1. The van der Waals surface area contributed by atoms with E-state index in [2.05, 4.69) is 10.5 Å². The van der Waals surface area contributed by atoms with Crippen LogP contribution in [-0.4, -0.2) is 17.0 Å². The van der Waals surface area contributed by atoms with Gasteiger partial charge in [-0.1, -0.05) is 6.07 Å². The Labute approximate surface area is 180 Å². The number of halogens is 3. The Hall–Kier alpha value is -4.21. The highest BCUT2D eigenvalue weighted by Crippen LogP contribution is 2.29. The maximum Gasteiger partial charge on any atom is 0.416 e. The maximum atomic E-state index is 12.7. The Morgan fingerprint density at radius 1 is 1.06 bits per heavy atom. The number of nitrogens with one attached hydrogen (secondary N) is 1. The number of nitro groups is 1. The molecule has 0 atom stereocenters. The van der Waals surface area contributed by atoms with E-state index in [1.165, 1.54) is 24.4 Å². The molecule has 1 amide bonds. The Kier molecular flexibility index (Phi) is 6.83. The van der Waals surface area contributed by atoms with Crippen LogP contribution in [0.4, 0.5) is 18.9 Å². The molecule has 0 aliphatic heterocycles. The summed E-state index contributed by atoms with van der Waals surface area (Å²) in [6, 6.07) is 16.7. The van der Waals surface area contributed by atoms with Crippen LogP contribution in [0.3, 0.4) is 0 Å². The summed E-state index contributed by atoms with van der Waals surface area (Å²) in [7, 11) is 0. The molecule has 0 heterocycles. The number of nitrogens with zero attached hydrogens (tertiary/aromatic N) is 2. The molecule has 7 nitrogen and oxygen atoms in total. The summed E-state index contributed by atoms with van der Waals surface area (Å²) in [5.41, 5.74) is 2.49. The molecular weight excluding hydrogens is 427 g/mol. The molecule has 1 N–H and O–H groups in total. The molecule has 0 unspecified atom stereocenters. The van der Waals surface area contributed by atoms with Gasteiger partial charge in [-0.2, -0.15) is 18.3 Å². The molecular formula is C22H16F3N3O4. The van der Waals surface area contributed by atoms with Crippen LogP contribution in [-0.2, 0) is 12.8 Å². The first-order chi connectivity index (χ1) is 15.2. The standard InChI is InChI=1S/C22H16F3N3O4/c23-22(24,25)18-3-1-2-17(12-18)21(29)27-26-13-15-6-10-20(11-7-15)32-14-16-4-8-19(9-5-16)28(30)31/h1-13H,14H2,(H,27,29)/b26-13-. The molecule has 0 aliphatic carbocycles. The predicted octanol–water partition coefficient (Wildman–Crippen LogP) is 4.96. The number of carbonyl (C=O) groups is 1. The average molecular weight is 443 g/mol. The fraction of sp³-hybridized carbons (Fsp3) is 0.0909. The molecule has 0 saturated heterocycles. The minimum atomic E-state index is -4.54. The van der Waals surface area contributed by atoms with Gasteiger partial charge in [0.2, 0.25) is 0 Å². The van der Waals surface area contributed by atoms with E-state index in [0.717, 1.165) is 23.8 Å². The van der Waals surface area contributed by atoms with Gasteiger partial charge in [0.25, 0.3) is 11.6 Å². The summed E-state index contributed by atoms with van der Waals surface area (Å²) in [5.74, 6) is -0.219. The molecule has 164 valence electrons. The van der Waals surface area contributed by atoms with Crippen molar-refractivity contribution in [2.75, 3.05) is 0 Å². The van der Waals surface area contributed by atoms with Gasteiger partial charge >= 0.3 is 6.18 Å². The third kappa shape index (κ3) is 6.14. The molecule has 3 aromatic rings. The van der Waals surface area contributed by atoms with E-state index in [-0.39, 0.29) is 17.9 Å². The lowest BCUT2D eigenvalue weighted by Gasteiger charge is -2.07. The highest BCUT2D eigenvalue weighted by molar-refractivity contribution is 5.95. The van der Waals surface area contributed by atoms with Gasteiger partial charge < -0.3 is 4.74 Å². The van der Waals surface area contributed by atoms with E-state index < -0.39 is 22.6 Å². The second kappa shape index (κ2) is 9.73. The van der Waals surface area contributed by atoms with Crippen molar-refractivity contribution in [1.29, 1.82) is 0 Å². The van der Waals surface area contributed by atoms with Crippen molar-refractivity contribution < 1.29 is 27.6 Å². The zero-order valence-electron chi connectivity index (χ0n) is 16.4. The first-order valence-corrected chi connectivity index (χ1v) is 9.19. The monoisotopic (exact) mass is 443 g/mol. The number of rotatable bonds is 7. The van der Waals surface area contributed by atoms with Gasteiger partial charge in [-0.15, -0.1) is 0 Å². The summed E-state index contributed by atoms with van der Waals surface area (Å²) >= 11 is 0. The van der Waals surface area contributed by atoms with E-state index in [0.29, 0.717) is 11.3 Å². The van der Waals surface area contributed by atoms with Crippen LogP contribution in [0.2, 0.25) is 0 Å². The molecule has 10 heteroatoms. The van der Waals surface area contributed by atoms with Gasteiger partial charge in [0.1, 0.15) is 12.4 Å². The molecule has 32 heavy (non-hydrogen) atoms. The van der Waals surface area contributed by atoms with Crippen LogP contribution in [0.1, 0.15) is 27.0 Å². The van der Waals surface area contributed by atoms with Crippen molar-refractivity contribution in [3.8, 4) is 5.75 Å². The molecule has 0 bridgehead atoms. The van der Waals surface area contributed by atoms with Crippen LogP contribution in [0.5, 0.6) is 5.75 Å². The molecule has 0 spiro atoms. The minimum Gasteiger partial charge on any atom is -0.489 e. The number of non-ortho nitro benzene ring substituents is 1. The number of carbonyl (C=O) groups excluding carboxylic acids is 1. The molecule has 0 aliphatic rings. The largest absolute Gasteiger partial charge is 0.489 e. The van der Waals surface area contributed by atoms with Crippen LogP contribution < -0.4 is 10.2 Å².